The molecule has 1 aliphatic rings. The molecular formula is C17H18N4O3S. The van der Waals surface area contributed by atoms with Crippen LogP contribution in [0.5, 0.6) is 0 Å². The number of nitrogens with zero attached hydrogens (tertiary/aromatic N) is 1. The van der Waals surface area contributed by atoms with Crippen LogP contribution in [-0.2, 0) is 20.8 Å². The van der Waals surface area contributed by atoms with Crippen molar-refractivity contribution in [1.82, 2.24) is 4.98 Å². The topological polar surface area (TPSA) is 100 Å². The van der Waals surface area contributed by atoms with Gasteiger partial charge in [0.25, 0.3) is 0 Å². The van der Waals surface area contributed by atoms with Gasteiger partial charge in [-0.1, -0.05) is 6.07 Å². The van der Waals surface area contributed by atoms with E-state index in [1.165, 1.54) is 18.3 Å². The van der Waals surface area contributed by atoms with Crippen molar-refractivity contribution in [2.24, 2.45) is 5.92 Å². The number of rotatable bonds is 6. The highest BCUT2D eigenvalue weighted by Crippen LogP contribution is 2.30. The smallest absolute Gasteiger partial charge is 0.230 e. The molecule has 1 aromatic heterocycles. The van der Waals surface area contributed by atoms with Crippen LogP contribution in [-0.4, -0.2) is 22.7 Å². The zero-order chi connectivity index (χ0) is 17.8. The molecule has 0 spiro atoms. The molecule has 1 aliphatic carbocycles. The summed E-state index contributed by atoms with van der Waals surface area (Å²) in [6.07, 6.45) is 1.98. The number of benzene rings is 1. The van der Waals surface area contributed by atoms with E-state index >= 15 is 0 Å². The van der Waals surface area contributed by atoms with Gasteiger partial charge in [-0.25, -0.2) is 4.98 Å². The Hall–Kier alpha value is -2.74. The quantitative estimate of drug-likeness (QED) is 0.739. The van der Waals surface area contributed by atoms with Gasteiger partial charge in [0.1, 0.15) is 0 Å². The maximum atomic E-state index is 12.1. The average molecular weight is 358 g/mol. The molecule has 0 bridgehead atoms. The van der Waals surface area contributed by atoms with Gasteiger partial charge in [0.05, 0.1) is 12.1 Å². The molecule has 0 aliphatic heterocycles. The Morgan fingerprint density at radius 1 is 1.16 bits per heavy atom. The van der Waals surface area contributed by atoms with Crippen LogP contribution in [0.3, 0.4) is 0 Å². The van der Waals surface area contributed by atoms with Crippen LogP contribution < -0.4 is 16.0 Å². The summed E-state index contributed by atoms with van der Waals surface area (Å²) in [4.78, 5) is 39.2. The Bertz CT molecular complexity index is 814. The van der Waals surface area contributed by atoms with Crippen LogP contribution >= 0.6 is 11.3 Å². The van der Waals surface area contributed by atoms with E-state index in [1.807, 2.05) is 0 Å². The Labute approximate surface area is 148 Å². The van der Waals surface area contributed by atoms with Gasteiger partial charge < -0.3 is 16.0 Å². The molecule has 2 aromatic rings. The molecule has 8 heteroatoms. The van der Waals surface area contributed by atoms with Gasteiger partial charge in [-0.15, -0.1) is 11.3 Å². The Morgan fingerprint density at radius 3 is 2.56 bits per heavy atom. The van der Waals surface area contributed by atoms with Crippen molar-refractivity contribution in [1.29, 1.82) is 0 Å². The molecule has 0 atom stereocenters. The van der Waals surface area contributed by atoms with E-state index in [-0.39, 0.29) is 30.1 Å². The molecule has 0 saturated heterocycles. The zero-order valence-electron chi connectivity index (χ0n) is 13.7. The first kappa shape index (κ1) is 17.1. The number of thiazole rings is 1. The molecule has 3 N–H and O–H groups in total. The lowest BCUT2D eigenvalue weighted by atomic mass is 10.2. The van der Waals surface area contributed by atoms with E-state index in [9.17, 15) is 14.4 Å². The fourth-order valence-electron chi connectivity index (χ4n) is 2.25. The fraction of sp³-hybridized carbons (Fsp3) is 0.294. The van der Waals surface area contributed by atoms with E-state index < -0.39 is 0 Å². The van der Waals surface area contributed by atoms with E-state index in [0.29, 0.717) is 22.2 Å². The average Bonchev–Trinajstić information content (AvgIpc) is 3.30. The van der Waals surface area contributed by atoms with E-state index in [4.69, 9.17) is 0 Å². The van der Waals surface area contributed by atoms with Crippen molar-refractivity contribution < 1.29 is 14.4 Å². The van der Waals surface area contributed by atoms with E-state index in [2.05, 4.69) is 20.9 Å². The van der Waals surface area contributed by atoms with Crippen LogP contribution in [0.15, 0.2) is 29.6 Å². The lowest BCUT2D eigenvalue weighted by Gasteiger charge is -2.07. The predicted octanol–water partition coefficient (Wildman–Crippen LogP) is 2.63. The van der Waals surface area contributed by atoms with Gasteiger partial charge >= 0.3 is 0 Å². The molecular weight excluding hydrogens is 340 g/mol. The fourth-order valence-corrected chi connectivity index (χ4v) is 2.96. The summed E-state index contributed by atoms with van der Waals surface area (Å²) < 4.78 is 0. The molecule has 0 unspecified atom stereocenters. The first-order valence-corrected chi connectivity index (χ1v) is 8.80. The number of hydrogen-bond acceptors (Lipinski definition) is 5. The molecule has 3 amide bonds. The summed E-state index contributed by atoms with van der Waals surface area (Å²) in [6, 6.07) is 6.91. The first-order valence-electron chi connectivity index (χ1n) is 7.92. The van der Waals surface area contributed by atoms with Crippen LogP contribution in [0.2, 0.25) is 0 Å². The van der Waals surface area contributed by atoms with Gasteiger partial charge in [-0.3, -0.25) is 14.4 Å². The van der Waals surface area contributed by atoms with Crippen molar-refractivity contribution in [2.75, 3.05) is 16.0 Å². The number of anilines is 3. The number of amides is 3. The lowest BCUT2D eigenvalue weighted by molar-refractivity contribution is -0.117. The van der Waals surface area contributed by atoms with Crippen LogP contribution in [0, 0.1) is 5.92 Å². The third-order valence-electron chi connectivity index (χ3n) is 3.54. The summed E-state index contributed by atoms with van der Waals surface area (Å²) in [5.74, 6) is -0.274. The van der Waals surface area contributed by atoms with E-state index in [0.717, 1.165) is 12.8 Å². The maximum absolute atomic E-state index is 12.1. The normalized spacial score (nSPS) is 13.2. The van der Waals surface area contributed by atoms with Gasteiger partial charge in [-0.2, -0.15) is 0 Å². The zero-order valence-corrected chi connectivity index (χ0v) is 14.5. The number of hydrogen-bond donors (Lipinski definition) is 3. The summed E-state index contributed by atoms with van der Waals surface area (Å²) in [7, 11) is 0. The molecule has 1 heterocycles. The Morgan fingerprint density at radius 2 is 1.88 bits per heavy atom. The minimum absolute atomic E-state index is 0.000128. The predicted molar refractivity (Wildman–Crippen MR) is 96.5 cm³/mol. The standard InChI is InChI=1S/C17H18N4O3S/c1-10(22)18-12-3-2-4-13(7-12)19-15(23)8-14-9-25-17(20-14)21-16(24)11-5-6-11/h2-4,7,9,11H,5-6,8H2,1H3,(H,18,22)(H,19,23)(H,20,21,24). The third kappa shape index (κ3) is 5.12. The van der Waals surface area contributed by atoms with Crippen LogP contribution in [0.4, 0.5) is 16.5 Å². The SMILES string of the molecule is CC(=O)Nc1cccc(NC(=O)Cc2csc(NC(=O)C3CC3)n2)c1. The Balaban J connectivity index is 1.54. The molecule has 130 valence electrons. The highest BCUT2D eigenvalue weighted by molar-refractivity contribution is 7.13. The molecule has 7 nitrogen and oxygen atoms in total. The molecule has 25 heavy (non-hydrogen) atoms. The minimum atomic E-state index is -0.217. The highest BCUT2D eigenvalue weighted by atomic mass is 32.1. The molecule has 0 radical (unpaired) electrons. The molecule has 3 rings (SSSR count). The number of carbonyl (C=O) groups excluding carboxylic acids is 3. The number of carbonyl (C=O) groups is 3. The number of nitrogens with one attached hydrogen (secondary N) is 3. The van der Waals surface area contributed by atoms with Gasteiger partial charge in [0, 0.05) is 29.6 Å². The summed E-state index contributed by atoms with van der Waals surface area (Å²) >= 11 is 1.31. The second kappa shape index (κ2) is 7.43. The van der Waals surface area contributed by atoms with Crippen LogP contribution in [0.25, 0.3) is 0 Å². The van der Waals surface area contributed by atoms with Gasteiger partial charge in [0.2, 0.25) is 17.7 Å². The largest absolute Gasteiger partial charge is 0.326 e. The number of aromatic nitrogens is 1. The second-order valence-electron chi connectivity index (χ2n) is 5.89. The van der Waals surface area contributed by atoms with Gasteiger partial charge in [0.15, 0.2) is 5.13 Å². The van der Waals surface area contributed by atoms with Crippen LogP contribution in [0.1, 0.15) is 25.5 Å². The summed E-state index contributed by atoms with van der Waals surface area (Å²) in [5, 5.41) is 10.5. The maximum Gasteiger partial charge on any atom is 0.230 e. The molecule has 1 saturated carbocycles. The van der Waals surface area contributed by atoms with E-state index in [1.54, 1.807) is 29.6 Å². The van der Waals surface area contributed by atoms with Crippen molar-refractivity contribution >= 4 is 45.6 Å². The molecule has 1 aromatic carbocycles. The minimum Gasteiger partial charge on any atom is -0.326 e. The first-order chi connectivity index (χ1) is 12.0. The summed E-state index contributed by atoms with van der Waals surface area (Å²) in [5.41, 5.74) is 1.81. The third-order valence-corrected chi connectivity index (χ3v) is 4.34. The molecule has 1 fully saturated rings. The van der Waals surface area contributed by atoms with Gasteiger partial charge in [-0.05, 0) is 31.0 Å². The van der Waals surface area contributed by atoms with Crippen molar-refractivity contribution in [2.45, 2.75) is 26.2 Å². The second-order valence-corrected chi connectivity index (χ2v) is 6.75. The van der Waals surface area contributed by atoms with Crippen molar-refractivity contribution in [3.05, 3.63) is 35.3 Å². The Kier molecular flexibility index (Phi) is 5.08. The van der Waals surface area contributed by atoms with Crippen molar-refractivity contribution in [3.63, 3.8) is 0 Å². The van der Waals surface area contributed by atoms with Crippen molar-refractivity contribution in [3.8, 4) is 0 Å². The monoisotopic (exact) mass is 358 g/mol. The lowest BCUT2D eigenvalue weighted by Crippen LogP contribution is -2.16. The summed E-state index contributed by atoms with van der Waals surface area (Å²) in [6.45, 7) is 1.42. The highest BCUT2D eigenvalue weighted by Gasteiger charge is 2.30.